The summed E-state index contributed by atoms with van der Waals surface area (Å²) in [6, 6.07) is 0. The monoisotopic (exact) mass is 257 g/mol. The lowest BCUT2D eigenvalue weighted by Crippen LogP contribution is -2.38. The Balaban J connectivity index is 0.00000108. The van der Waals surface area contributed by atoms with Crippen molar-refractivity contribution >= 4 is 12.4 Å². The third kappa shape index (κ3) is 2.33. The smallest absolute Gasteiger partial charge is 0.229 e. The summed E-state index contributed by atoms with van der Waals surface area (Å²) in [6.07, 6.45) is 5.97. The van der Waals surface area contributed by atoms with Gasteiger partial charge < -0.3 is 9.84 Å². The van der Waals surface area contributed by atoms with E-state index in [-0.39, 0.29) is 17.8 Å². The van der Waals surface area contributed by atoms with Crippen LogP contribution in [0.25, 0.3) is 0 Å². The van der Waals surface area contributed by atoms with Crippen molar-refractivity contribution < 1.29 is 4.52 Å². The van der Waals surface area contributed by atoms with E-state index in [0.717, 1.165) is 37.6 Å². The van der Waals surface area contributed by atoms with E-state index in [0.29, 0.717) is 5.92 Å². The summed E-state index contributed by atoms with van der Waals surface area (Å²) >= 11 is 0. The van der Waals surface area contributed by atoms with Gasteiger partial charge in [0.05, 0.1) is 0 Å². The minimum absolute atomic E-state index is 0. The summed E-state index contributed by atoms with van der Waals surface area (Å²) in [5, 5.41) is 7.58. The van der Waals surface area contributed by atoms with Gasteiger partial charge in [0.1, 0.15) is 0 Å². The summed E-state index contributed by atoms with van der Waals surface area (Å²) < 4.78 is 5.41. The van der Waals surface area contributed by atoms with Gasteiger partial charge in [0.25, 0.3) is 0 Å². The van der Waals surface area contributed by atoms with Crippen molar-refractivity contribution in [1.82, 2.24) is 15.5 Å². The molecule has 3 rings (SSSR count). The van der Waals surface area contributed by atoms with E-state index in [9.17, 15) is 0 Å². The molecule has 1 saturated carbocycles. The second kappa shape index (κ2) is 4.94. The lowest BCUT2D eigenvalue weighted by Gasteiger charge is -2.30. The quantitative estimate of drug-likeness (QED) is 0.884. The fourth-order valence-electron chi connectivity index (χ4n) is 2.50. The first-order chi connectivity index (χ1) is 7.78. The van der Waals surface area contributed by atoms with E-state index in [1.165, 1.54) is 19.3 Å². The highest BCUT2D eigenvalue weighted by molar-refractivity contribution is 5.85. The Hall–Kier alpha value is -0.610. The summed E-state index contributed by atoms with van der Waals surface area (Å²) in [5.74, 6) is 2.35. The van der Waals surface area contributed by atoms with Crippen LogP contribution in [-0.2, 0) is 5.41 Å². The van der Waals surface area contributed by atoms with Gasteiger partial charge in [-0.3, -0.25) is 0 Å². The highest BCUT2D eigenvalue weighted by Crippen LogP contribution is 2.37. The van der Waals surface area contributed by atoms with Gasteiger partial charge in [-0.1, -0.05) is 18.5 Å². The average Bonchev–Trinajstić information content (AvgIpc) is 2.66. The Kier molecular flexibility index (Phi) is 3.73. The van der Waals surface area contributed by atoms with Gasteiger partial charge in [-0.2, -0.15) is 4.98 Å². The van der Waals surface area contributed by atoms with E-state index >= 15 is 0 Å². The first-order valence-corrected chi connectivity index (χ1v) is 6.33. The fraction of sp³-hybridized carbons (Fsp3) is 0.833. The summed E-state index contributed by atoms with van der Waals surface area (Å²) in [5.41, 5.74) is 0.122. The zero-order chi connectivity index (χ0) is 11.0. The molecular formula is C12H20ClN3O. The van der Waals surface area contributed by atoms with Gasteiger partial charge in [-0.25, -0.2) is 0 Å². The predicted molar refractivity (Wildman–Crippen MR) is 67.6 cm³/mol. The van der Waals surface area contributed by atoms with Crippen LogP contribution in [0, 0.1) is 0 Å². The number of halogens is 1. The van der Waals surface area contributed by atoms with Crippen molar-refractivity contribution in [2.75, 3.05) is 13.1 Å². The van der Waals surface area contributed by atoms with Crippen molar-refractivity contribution in [3.05, 3.63) is 11.7 Å². The topological polar surface area (TPSA) is 51.0 Å². The van der Waals surface area contributed by atoms with E-state index in [4.69, 9.17) is 4.52 Å². The highest BCUT2D eigenvalue weighted by atomic mass is 35.5. The van der Waals surface area contributed by atoms with Crippen LogP contribution in [0.5, 0.6) is 0 Å². The molecule has 0 unspecified atom stereocenters. The molecule has 1 N–H and O–H groups in total. The maximum Gasteiger partial charge on any atom is 0.229 e. The average molecular weight is 258 g/mol. The molecular weight excluding hydrogens is 238 g/mol. The second-order valence-corrected chi connectivity index (χ2v) is 5.39. The Labute approximate surface area is 108 Å². The lowest BCUT2D eigenvalue weighted by atomic mass is 9.80. The number of nitrogens with one attached hydrogen (secondary N) is 1. The van der Waals surface area contributed by atoms with Crippen molar-refractivity contribution in [3.8, 4) is 0 Å². The first-order valence-electron chi connectivity index (χ1n) is 6.33. The SMILES string of the molecule is CC1(c2noc(C3CCC3)n2)CCNCC1.Cl. The summed E-state index contributed by atoms with van der Waals surface area (Å²) in [4.78, 5) is 4.62. The largest absolute Gasteiger partial charge is 0.339 e. The molecule has 0 bridgehead atoms. The molecule has 1 aliphatic carbocycles. The third-order valence-electron chi connectivity index (χ3n) is 4.14. The minimum atomic E-state index is 0. The van der Waals surface area contributed by atoms with Gasteiger partial charge in [0, 0.05) is 11.3 Å². The molecule has 1 saturated heterocycles. The van der Waals surface area contributed by atoms with Crippen LogP contribution >= 0.6 is 12.4 Å². The van der Waals surface area contributed by atoms with E-state index < -0.39 is 0 Å². The van der Waals surface area contributed by atoms with Crippen LogP contribution in [0.2, 0.25) is 0 Å². The van der Waals surface area contributed by atoms with E-state index in [1.807, 2.05) is 0 Å². The Morgan fingerprint density at radius 2 is 2.00 bits per heavy atom. The molecule has 5 heteroatoms. The lowest BCUT2D eigenvalue weighted by molar-refractivity contribution is 0.278. The van der Waals surface area contributed by atoms with Crippen LogP contribution < -0.4 is 5.32 Å². The second-order valence-electron chi connectivity index (χ2n) is 5.39. The van der Waals surface area contributed by atoms with Crippen molar-refractivity contribution in [2.24, 2.45) is 0 Å². The molecule has 96 valence electrons. The van der Waals surface area contributed by atoms with Gasteiger partial charge in [-0.15, -0.1) is 12.4 Å². The maximum atomic E-state index is 5.41. The number of aromatic nitrogens is 2. The van der Waals surface area contributed by atoms with Gasteiger partial charge in [-0.05, 0) is 38.8 Å². The predicted octanol–water partition coefficient (Wildman–Crippen LogP) is 2.40. The molecule has 4 nitrogen and oxygen atoms in total. The molecule has 0 amide bonds. The molecule has 0 aromatic carbocycles. The highest BCUT2D eigenvalue weighted by Gasteiger charge is 2.35. The fourth-order valence-corrected chi connectivity index (χ4v) is 2.50. The number of piperidine rings is 1. The van der Waals surface area contributed by atoms with Crippen LogP contribution in [0.4, 0.5) is 0 Å². The molecule has 17 heavy (non-hydrogen) atoms. The van der Waals surface area contributed by atoms with Crippen LogP contribution in [0.1, 0.15) is 56.7 Å². The minimum Gasteiger partial charge on any atom is -0.339 e. The number of rotatable bonds is 2. The van der Waals surface area contributed by atoms with Crippen molar-refractivity contribution in [1.29, 1.82) is 0 Å². The normalized spacial score (nSPS) is 23.8. The molecule has 0 spiro atoms. The van der Waals surface area contributed by atoms with Gasteiger partial charge in [0.2, 0.25) is 5.89 Å². The van der Waals surface area contributed by atoms with Gasteiger partial charge in [0.15, 0.2) is 5.82 Å². The molecule has 0 atom stereocenters. The Morgan fingerprint density at radius 1 is 1.29 bits per heavy atom. The third-order valence-corrected chi connectivity index (χ3v) is 4.14. The standard InChI is InChI=1S/C12H19N3O.ClH/c1-12(5-7-13-8-6-12)11-14-10(16-15-11)9-3-2-4-9;/h9,13H,2-8H2,1H3;1H. The first kappa shape index (κ1) is 12.8. The van der Waals surface area contributed by atoms with Crippen LogP contribution in [-0.4, -0.2) is 23.2 Å². The van der Waals surface area contributed by atoms with Crippen LogP contribution in [0.15, 0.2) is 4.52 Å². The maximum absolute atomic E-state index is 5.41. The molecule has 2 aliphatic rings. The number of nitrogens with zero attached hydrogens (tertiary/aromatic N) is 2. The van der Waals surface area contributed by atoms with E-state index in [1.54, 1.807) is 0 Å². The molecule has 1 aromatic rings. The summed E-state index contributed by atoms with van der Waals surface area (Å²) in [6.45, 7) is 4.37. The Morgan fingerprint density at radius 3 is 2.59 bits per heavy atom. The molecule has 2 heterocycles. The van der Waals surface area contributed by atoms with E-state index in [2.05, 4.69) is 22.4 Å². The zero-order valence-corrected chi connectivity index (χ0v) is 11.1. The van der Waals surface area contributed by atoms with Crippen molar-refractivity contribution in [2.45, 2.75) is 50.4 Å². The molecule has 2 fully saturated rings. The Bertz CT molecular complexity index is 370. The molecule has 1 aliphatic heterocycles. The number of hydrogen-bond acceptors (Lipinski definition) is 4. The molecule has 1 aromatic heterocycles. The number of hydrogen-bond donors (Lipinski definition) is 1. The van der Waals surface area contributed by atoms with Crippen LogP contribution in [0.3, 0.4) is 0 Å². The summed E-state index contributed by atoms with van der Waals surface area (Å²) in [7, 11) is 0. The molecule has 0 radical (unpaired) electrons. The zero-order valence-electron chi connectivity index (χ0n) is 10.2. The van der Waals surface area contributed by atoms with Crippen molar-refractivity contribution in [3.63, 3.8) is 0 Å². The van der Waals surface area contributed by atoms with Gasteiger partial charge >= 0.3 is 0 Å².